The van der Waals surface area contributed by atoms with Gasteiger partial charge >= 0.3 is 0 Å². The van der Waals surface area contributed by atoms with Gasteiger partial charge in [0.1, 0.15) is 0 Å². The lowest BCUT2D eigenvalue weighted by Crippen LogP contribution is -1.98. The molecular formula is C36H22N2S. The van der Waals surface area contributed by atoms with E-state index in [2.05, 4.69) is 143 Å². The normalized spacial score (nSPS) is 12.1. The zero-order valence-electron chi connectivity index (χ0n) is 21.0. The molecule has 6 aromatic carbocycles. The fourth-order valence-electron chi connectivity index (χ4n) is 6.50. The third-order valence-corrected chi connectivity index (χ3v) is 9.32. The molecule has 0 fully saturated rings. The second kappa shape index (κ2) is 7.83. The molecule has 39 heavy (non-hydrogen) atoms. The summed E-state index contributed by atoms with van der Waals surface area (Å²) in [5, 5.41) is 7.73. The Morgan fingerprint density at radius 2 is 0.949 bits per heavy atom. The molecule has 0 saturated carbocycles. The highest BCUT2D eigenvalue weighted by atomic mass is 32.1. The zero-order chi connectivity index (χ0) is 25.5. The van der Waals surface area contributed by atoms with E-state index in [-0.39, 0.29) is 0 Å². The molecule has 0 spiro atoms. The van der Waals surface area contributed by atoms with E-state index in [0.717, 1.165) is 0 Å². The Labute approximate surface area is 228 Å². The summed E-state index contributed by atoms with van der Waals surface area (Å²) in [5.41, 5.74) is 7.36. The average Bonchev–Trinajstić information content (AvgIpc) is 3.65. The quantitative estimate of drug-likeness (QED) is 0.217. The standard InChI is InChI=1S/C36H22N2S/c1-2-11-23(12-3-1)37-30-17-7-4-13-24(30)27-21-22-28-25-14-5-8-18-31(25)38(35(28)34(27)37)32-19-10-16-29-26-15-6-9-20-33(26)39-36(29)32/h1-22H. The number of rotatable bonds is 2. The lowest BCUT2D eigenvalue weighted by molar-refractivity contribution is 1.16. The Hall–Kier alpha value is -4.86. The summed E-state index contributed by atoms with van der Waals surface area (Å²) >= 11 is 1.89. The second-order valence-electron chi connectivity index (χ2n) is 10.2. The number of hydrogen-bond acceptors (Lipinski definition) is 1. The zero-order valence-corrected chi connectivity index (χ0v) is 21.8. The van der Waals surface area contributed by atoms with Crippen LogP contribution < -0.4 is 0 Å². The molecule has 0 aliphatic heterocycles. The van der Waals surface area contributed by atoms with Gasteiger partial charge in [0.05, 0.1) is 32.5 Å². The smallest absolute Gasteiger partial charge is 0.0789 e. The lowest BCUT2D eigenvalue weighted by Gasteiger charge is -2.13. The predicted molar refractivity (Wildman–Crippen MR) is 168 cm³/mol. The molecule has 0 bridgehead atoms. The number of aromatic nitrogens is 2. The molecule has 182 valence electrons. The monoisotopic (exact) mass is 514 g/mol. The van der Waals surface area contributed by atoms with Gasteiger partial charge in [0.25, 0.3) is 0 Å². The predicted octanol–water partition coefficient (Wildman–Crippen LogP) is 10.2. The van der Waals surface area contributed by atoms with Crippen LogP contribution in [0.5, 0.6) is 0 Å². The Balaban J connectivity index is 1.56. The molecule has 0 saturated heterocycles. The van der Waals surface area contributed by atoms with Gasteiger partial charge in [-0.3, -0.25) is 0 Å². The maximum absolute atomic E-state index is 2.52. The van der Waals surface area contributed by atoms with Crippen LogP contribution >= 0.6 is 11.3 Å². The molecule has 9 aromatic rings. The van der Waals surface area contributed by atoms with E-state index in [0.29, 0.717) is 0 Å². The van der Waals surface area contributed by atoms with Crippen molar-refractivity contribution in [3.05, 3.63) is 133 Å². The van der Waals surface area contributed by atoms with Crippen LogP contribution in [0.4, 0.5) is 0 Å². The average molecular weight is 515 g/mol. The summed E-state index contributed by atoms with van der Waals surface area (Å²) in [6.45, 7) is 0. The van der Waals surface area contributed by atoms with Crippen molar-refractivity contribution in [2.75, 3.05) is 0 Å². The highest BCUT2D eigenvalue weighted by Gasteiger charge is 2.22. The molecule has 9 rings (SSSR count). The maximum Gasteiger partial charge on any atom is 0.0789 e. The number of nitrogens with zero attached hydrogens (tertiary/aromatic N) is 2. The van der Waals surface area contributed by atoms with E-state index >= 15 is 0 Å². The van der Waals surface area contributed by atoms with Crippen LogP contribution in [0.1, 0.15) is 0 Å². The first-order valence-electron chi connectivity index (χ1n) is 13.3. The summed E-state index contributed by atoms with van der Waals surface area (Å²) in [6, 6.07) is 48.6. The fourth-order valence-corrected chi connectivity index (χ4v) is 7.71. The van der Waals surface area contributed by atoms with Crippen molar-refractivity contribution in [1.29, 1.82) is 0 Å². The van der Waals surface area contributed by atoms with Gasteiger partial charge in [0.2, 0.25) is 0 Å². The van der Waals surface area contributed by atoms with Crippen molar-refractivity contribution >= 4 is 75.1 Å². The van der Waals surface area contributed by atoms with Crippen LogP contribution in [0.2, 0.25) is 0 Å². The highest BCUT2D eigenvalue weighted by Crippen LogP contribution is 2.44. The first-order valence-corrected chi connectivity index (χ1v) is 14.1. The van der Waals surface area contributed by atoms with Gasteiger partial charge in [0.15, 0.2) is 0 Å². The lowest BCUT2D eigenvalue weighted by atomic mass is 10.1. The molecule has 2 nitrogen and oxygen atoms in total. The molecule has 0 aliphatic carbocycles. The van der Waals surface area contributed by atoms with Gasteiger partial charge in [-0.15, -0.1) is 11.3 Å². The summed E-state index contributed by atoms with van der Waals surface area (Å²) in [4.78, 5) is 0. The first-order chi connectivity index (χ1) is 19.4. The van der Waals surface area contributed by atoms with E-state index in [1.165, 1.54) is 75.2 Å². The Morgan fingerprint density at radius 1 is 0.385 bits per heavy atom. The molecule has 3 heterocycles. The summed E-state index contributed by atoms with van der Waals surface area (Å²) < 4.78 is 7.61. The second-order valence-corrected chi connectivity index (χ2v) is 11.2. The van der Waals surface area contributed by atoms with Gasteiger partial charge in [-0.05, 0) is 36.4 Å². The Kier molecular flexibility index (Phi) is 4.24. The fraction of sp³-hybridized carbons (Fsp3) is 0. The molecule has 0 N–H and O–H groups in total. The molecule has 0 atom stereocenters. The van der Waals surface area contributed by atoms with E-state index in [1.807, 2.05) is 11.3 Å². The van der Waals surface area contributed by atoms with Crippen LogP contribution in [0.25, 0.3) is 75.2 Å². The van der Waals surface area contributed by atoms with Crippen molar-refractivity contribution in [3.63, 3.8) is 0 Å². The van der Waals surface area contributed by atoms with E-state index < -0.39 is 0 Å². The van der Waals surface area contributed by atoms with Crippen LogP contribution in [0, 0.1) is 0 Å². The number of hydrogen-bond donors (Lipinski definition) is 0. The minimum absolute atomic E-state index is 1.17. The molecule has 3 heteroatoms. The topological polar surface area (TPSA) is 9.86 Å². The molecular weight excluding hydrogens is 492 g/mol. The largest absolute Gasteiger partial charge is 0.307 e. The van der Waals surface area contributed by atoms with Crippen molar-refractivity contribution in [2.45, 2.75) is 0 Å². The van der Waals surface area contributed by atoms with Crippen molar-refractivity contribution in [1.82, 2.24) is 9.13 Å². The number of para-hydroxylation sites is 3. The maximum atomic E-state index is 2.52. The number of fused-ring (bicyclic) bond motifs is 10. The van der Waals surface area contributed by atoms with Crippen LogP contribution in [-0.4, -0.2) is 9.13 Å². The number of benzene rings is 6. The molecule has 3 aromatic heterocycles. The number of thiophene rings is 1. The summed E-state index contributed by atoms with van der Waals surface area (Å²) in [7, 11) is 0. The van der Waals surface area contributed by atoms with Gasteiger partial charge in [0, 0.05) is 42.7 Å². The van der Waals surface area contributed by atoms with Crippen molar-refractivity contribution in [3.8, 4) is 11.4 Å². The van der Waals surface area contributed by atoms with Crippen LogP contribution in [0.3, 0.4) is 0 Å². The molecule has 0 radical (unpaired) electrons. The molecule has 0 unspecified atom stereocenters. The minimum atomic E-state index is 1.17. The highest BCUT2D eigenvalue weighted by molar-refractivity contribution is 7.26. The van der Waals surface area contributed by atoms with Crippen molar-refractivity contribution < 1.29 is 0 Å². The van der Waals surface area contributed by atoms with Gasteiger partial charge < -0.3 is 9.13 Å². The third-order valence-electron chi connectivity index (χ3n) is 8.11. The van der Waals surface area contributed by atoms with E-state index in [4.69, 9.17) is 0 Å². The van der Waals surface area contributed by atoms with Gasteiger partial charge in [-0.25, -0.2) is 0 Å². The van der Waals surface area contributed by atoms with Crippen LogP contribution in [0.15, 0.2) is 133 Å². The SMILES string of the molecule is c1ccc(-n2c3ccccc3c3ccc4c5ccccc5n(-c5cccc6c5sc5ccccc56)c4c32)cc1. The third kappa shape index (κ3) is 2.80. The van der Waals surface area contributed by atoms with Gasteiger partial charge in [-0.2, -0.15) is 0 Å². The van der Waals surface area contributed by atoms with E-state index in [9.17, 15) is 0 Å². The van der Waals surface area contributed by atoms with Gasteiger partial charge in [-0.1, -0.05) is 97.1 Å². The van der Waals surface area contributed by atoms with E-state index in [1.54, 1.807) is 0 Å². The van der Waals surface area contributed by atoms with Crippen molar-refractivity contribution in [2.24, 2.45) is 0 Å². The minimum Gasteiger partial charge on any atom is -0.307 e. The first kappa shape index (κ1) is 21.1. The Bertz CT molecular complexity index is 2390. The summed E-state index contributed by atoms with van der Waals surface area (Å²) in [5.74, 6) is 0. The molecule has 0 aliphatic rings. The Morgan fingerprint density at radius 3 is 1.69 bits per heavy atom. The summed E-state index contributed by atoms with van der Waals surface area (Å²) in [6.07, 6.45) is 0. The molecule has 0 amide bonds. The van der Waals surface area contributed by atoms with Crippen LogP contribution in [-0.2, 0) is 0 Å².